The standard InChI is InChI=1S/C14H22BrFN2/c1-5-12(6-2)18(9-10(3)4)14-13(16)7-11(15)8-17-14/h7-8,10,12H,5-6,9H2,1-4H3. The molecule has 1 rings (SSSR count). The van der Waals surface area contributed by atoms with Gasteiger partial charge in [-0.2, -0.15) is 0 Å². The summed E-state index contributed by atoms with van der Waals surface area (Å²) in [6, 6.07) is 1.83. The zero-order valence-electron chi connectivity index (χ0n) is 11.6. The molecule has 0 aliphatic rings. The Morgan fingerprint density at radius 1 is 1.33 bits per heavy atom. The third kappa shape index (κ3) is 3.94. The molecule has 0 saturated carbocycles. The first-order valence-electron chi connectivity index (χ1n) is 6.57. The Labute approximate surface area is 118 Å². The highest BCUT2D eigenvalue weighted by atomic mass is 79.9. The minimum atomic E-state index is -0.253. The van der Waals surface area contributed by atoms with Crippen molar-refractivity contribution in [3.63, 3.8) is 0 Å². The topological polar surface area (TPSA) is 16.1 Å². The van der Waals surface area contributed by atoms with Crippen molar-refractivity contribution in [3.05, 3.63) is 22.6 Å². The van der Waals surface area contributed by atoms with E-state index < -0.39 is 0 Å². The second kappa shape index (κ2) is 7.07. The maximum absolute atomic E-state index is 14.0. The third-order valence-electron chi connectivity index (χ3n) is 3.01. The number of rotatable bonds is 6. The smallest absolute Gasteiger partial charge is 0.166 e. The predicted octanol–water partition coefficient (Wildman–Crippen LogP) is 4.63. The van der Waals surface area contributed by atoms with Gasteiger partial charge in [-0.25, -0.2) is 9.37 Å². The Bertz CT molecular complexity index is 378. The molecule has 0 aromatic carbocycles. The van der Waals surface area contributed by atoms with Gasteiger partial charge in [-0.1, -0.05) is 27.7 Å². The molecule has 1 heterocycles. The molecule has 0 aliphatic heterocycles. The fourth-order valence-corrected chi connectivity index (χ4v) is 2.45. The number of pyridine rings is 1. The maximum Gasteiger partial charge on any atom is 0.166 e. The van der Waals surface area contributed by atoms with Gasteiger partial charge in [0.2, 0.25) is 0 Å². The average Bonchev–Trinajstić information content (AvgIpc) is 2.29. The van der Waals surface area contributed by atoms with Crippen molar-refractivity contribution in [2.75, 3.05) is 11.4 Å². The van der Waals surface area contributed by atoms with E-state index >= 15 is 0 Å². The number of hydrogen-bond donors (Lipinski definition) is 0. The van der Waals surface area contributed by atoms with Crippen LogP contribution >= 0.6 is 15.9 Å². The summed E-state index contributed by atoms with van der Waals surface area (Å²) in [5, 5.41) is 0. The summed E-state index contributed by atoms with van der Waals surface area (Å²) in [6.07, 6.45) is 3.66. The molecule has 102 valence electrons. The van der Waals surface area contributed by atoms with Crippen LogP contribution < -0.4 is 4.90 Å². The van der Waals surface area contributed by atoms with E-state index in [1.54, 1.807) is 6.20 Å². The fourth-order valence-electron chi connectivity index (χ4n) is 2.15. The number of halogens is 2. The summed E-state index contributed by atoms with van der Waals surface area (Å²) >= 11 is 3.25. The lowest BCUT2D eigenvalue weighted by Crippen LogP contribution is -2.38. The minimum absolute atomic E-state index is 0.253. The Hall–Kier alpha value is -0.640. The molecule has 0 unspecified atom stereocenters. The summed E-state index contributed by atoms with van der Waals surface area (Å²) in [6.45, 7) is 9.40. The van der Waals surface area contributed by atoms with E-state index in [1.165, 1.54) is 6.07 Å². The van der Waals surface area contributed by atoms with Gasteiger partial charge in [0.25, 0.3) is 0 Å². The first-order chi connectivity index (χ1) is 8.49. The van der Waals surface area contributed by atoms with Crippen LogP contribution in [0.4, 0.5) is 10.2 Å². The molecule has 0 N–H and O–H groups in total. The van der Waals surface area contributed by atoms with Gasteiger partial charge in [0, 0.05) is 23.3 Å². The molecule has 0 fully saturated rings. The fraction of sp³-hybridized carbons (Fsp3) is 0.643. The summed E-state index contributed by atoms with van der Waals surface area (Å²) in [5.74, 6) is 0.702. The van der Waals surface area contributed by atoms with Gasteiger partial charge in [0.05, 0.1) is 0 Å². The minimum Gasteiger partial charge on any atom is -0.351 e. The van der Waals surface area contributed by atoms with Crippen molar-refractivity contribution in [2.24, 2.45) is 5.92 Å². The van der Waals surface area contributed by atoms with Gasteiger partial charge < -0.3 is 4.90 Å². The molecular formula is C14H22BrFN2. The van der Waals surface area contributed by atoms with Crippen LogP contribution in [-0.4, -0.2) is 17.6 Å². The monoisotopic (exact) mass is 316 g/mol. The van der Waals surface area contributed by atoms with E-state index in [0.717, 1.165) is 19.4 Å². The summed E-state index contributed by atoms with van der Waals surface area (Å²) < 4.78 is 14.7. The first kappa shape index (κ1) is 15.4. The van der Waals surface area contributed by atoms with E-state index in [9.17, 15) is 4.39 Å². The Morgan fingerprint density at radius 3 is 2.39 bits per heavy atom. The number of hydrogen-bond acceptors (Lipinski definition) is 2. The van der Waals surface area contributed by atoms with Gasteiger partial charge >= 0.3 is 0 Å². The first-order valence-corrected chi connectivity index (χ1v) is 7.36. The van der Waals surface area contributed by atoms with Gasteiger partial charge in [-0.3, -0.25) is 0 Å². The molecule has 1 aromatic rings. The van der Waals surface area contributed by atoms with Crippen LogP contribution in [0.1, 0.15) is 40.5 Å². The van der Waals surface area contributed by atoms with Crippen molar-refractivity contribution in [3.8, 4) is 0 Å². The largest absolute Gasteiger partial charge is 0.351 e. The predicted molar refractivity (Wildman–Crippen MR) is 78.4 cm³/mol. The van der Waals surface area contributed by atoms with Crippen molar-refractivity contribution in [2.45, 2.75) is 46.6 Å². The lowest BCUT2D eigenvalue weighted by atomic mass is 10.1. The zero-order valence-corrected chi connectivity index (χ0v) is 13.2. The maximum atomic E-state index is 14.0. The SMILES string of the molecule is CCC(CC)N(CC(C)C)c1ncc(Br)cc1F. The Balaban J connectivity index is 3.08. The normalized spacial score (nSPS) is 11.3. The molecule has 0 saturated heterocycles. The molecule has 4 heteroatoms. The molecule has 0 radical (unpaired) electrons. The highest BCUT2D eigenvalue weighted by molar-refractivity contribution is 9.10. The van der Waals surface area contributed by atoms with Crippen LogP contribution in [0, 0.1) is 11.7 Å². The summed E-state index contributed by atoms with van der Waals surface area (Å²) in [5.41, 5.74) is 0. The molecule has 0 atom stereocenters. The average molecular weight is 317 g/mol. The van der Waals surface area contributed by atoms with Crippen molar-refractivity contribution in [1.29, 1.82) is 0 Å². The van der Waals surface area contributed by atoms with E-state index in [1.807, 2.05) is 0 Å². The van der Waals surface area contributed by atoms with E-state index in [-0.39, 0.29) is 5.82 Å². The van der Waals surface area contributed by atoms with Gasteiger partial charge in [0.15, 0.2) is 11.6 Å². The van der Waals surface area contributed by atoms with Crippen LogP contribution in [0.3, 0.4) is 0 Å². The van der Waals surface area contributed by atoms with Crippen LogP contribution in [0.15, 0.2) is 16.7 Å². The highest BCUT2D eigenvalue weighted by Crippen LogP contribution is 2.24. The van der Waals surface area contributed by atoms with E-state index in [4.69, 9.17) is 0 Å². The third-order valence-corrected chi connectivity index (χ3v) is 3.44. The Morgan fingerprint density at radius 2 is 1.94 bits per heavy atom. The number of aromatic nitrogens is 1. The molecule has 1 aromatic heterocycles. The number of anilines is 1. The molecular weight excluding hydrogens is 295 g/mol. The molecule has 18 heavy (non-hydrogen) atoms. The van der Waals surface area contributed by atoms with E-state index in [0.29, 0.717) is 22.3 Å². The van der Waals surface area contributed by atoms with Crippen LogP contribution in [0.5, 0.6) is 0 Å². The zero-order chi connectivity index (χ0) is 13.7. The quantitative estimate of drug-likeness (QED) is 0.760. The van der Waals surface area contributed by atoms with E-state index in [2.05, 4.69) is 53.5 Å². The van der Waals surface area contributed by atoms with Crippen LogP contribution in [0.25, 0.3) is 0 Å². The lowest BCUT2D eigenvalue weighted by Gasteiger charge is -2.33. The second-order valence-corrected chi connectivity index (χ2v) is 5.89. The Kier molecular flexibility index (Phi) is 6.06. The van der Waals surface area contributed by atoms with Crippen LogP contribution in [-0.2, 0) is 0 Å². The van der Waals surface area contributed by atoms with Crippen LogP contribution in [0.2, 0.25) is 0 Å². The van der Waals surface area contributed by atoms with Gasteiger partial charge in [-0.15, -0.1) is 0 Å². The van der Waals surface area contributed by atoms with Gasteiger partial charge in [-0.05, 0) is 40.8 Å². The van der Waals surface area contributed by atoms with Crippen molar-refractivity contribution in [1.82, 2.24) is 4.98 Å². The summed E-state index contributed by atoms with van der Waals surface area (Å²) in [7, 11) is 0. The van der Waals surface area contributed by atoms with Crippen molar-refractivity contribution >= 4 is 21.7 Å². The molecule has 0 bridgehead atoms. The summed E-state index contributed by atoms with van der Waals surface area (Å²) in [4.78, 5) is 6.36. The van der Waals surface area contributed by atoms with Gasteiger partial charge in [0.1, 0.15) is 0 Å². The number of nitrogens with zero attached hydrogens (tertiary/aromatic N) is 2. The van der Waals surface area contributed by atoms with Crippen molar-refractivity contribution < 1.29 is 4.39 Å². The molecule has 0 aliphatic carbocycles. The second-order valence-electron chi connectivity index (χ2n) is 4.98. The highest BCUT2D eigenvalue weighted by Gasteiger charge is 2.21. The molecule has 0 amide bonds. The lowest BCUT2D eigenvalue weighted by molar-refractivity contribution is 0.490. The molecule has 0 spiro atoms. The molecule has 2 nitrogen and oxygen atoms in total.